The van der Waals surface area contributed by atoms with Gasteiger partial charge in [0, 0.05) is 22.5 Å². The van der Waals surface area contributed by atoms with Gasteiger partial charge in [-0.2, -0.15) is 0 Å². The molecule has 0 aliphatic heterocycles. The lowest BCUT2D eigenvalue weighted by molar-refractivity contribution is -0.116. The standard InChI is InChI=1S/C22H19FN4OS2/c1-29-18-5-2-4-17(12-18)25-20(28)13-27-19-6-3-11-24-21(19)26-22(27)30-14-15-7-9-16(23)10-8-15/h2-12H,13-14H2,1H3,(H,25,28). The highest BCUT2D eigenvalue weighted by atomic mass is 32.2. The summed E-state index contributed by atoms with van der Waals surface area (Å²) in [5.41, 5.74) is 3.13. The molecule has 1 N–H and O–H groups in total. The maximum Gasteiger partial charge on any atom is 0.244 e. The number of fused-ring (bicyclic) bond motifs is 1. The van der Waals surface area contributed by atoms with E-state index in [2.05, 4.69) is 15.3 Å². The Hall–Kier alpha value is -2.84. The number of imidazole rings is 1. The molecular weight excluding hydrogens is 419 g/mol. The Morgan fingerprint density at radius 3 is 2.77 bits per heavy atom. The second-order valence-electron chi connectivity index (χ2n) is 6.52. The van der Waals surface area contributed by atoms with Crippen LogP contribution in [0, 0.1) is 5.82 Å². The molecule has 30 heavy (non-hydrogen) atoms. The van der Waals surface area contributed by atoms with E-state index in [0.29, 0.717) is 16.6 Å². The van der Waals surface area contributed by atoms with E-state index >= 15 is 0 Å². The highest BCUT2D eigenvalue weighted by Crippen LogP contribution is 2.26. The van der Waals surface area contributed by atoms with Crippen molar-refractivity contribution in [3.05, 3.63) is 78.2 Å². The average molecular weight is 439 g/mol. The first-order chi connectivity index (χ1) is 14.6. The summed E-state index contributed by atoms with van der Waals surface area (Å²) in [6.45, 7) is 0.122. The second-order valence-corrected chi connectivity index (χ2v) is 8.34. The Morgan fingerprint density at radius 2 is 1.97 bits per heavy atom. The van der Waals surface area contributed by atoms with Crippen molar-refractivity contribution >= 4 is 46.3 Å². The van der Waals surface area contributed by atoms with Gasteiger partial charge in [0.2, 0.25) is 5.91 Å². The van der Waals surface area contributed by atoms with Gasteiger partial charge in [-0.25, -0.2) is 14.4 Å². The fourth-order valence-electron chi connectivity index (χ4n) is 2.98. The molecule has 5 nitrogen and oxygen atoms in total. The summed E-state index contributed by atoms with van der Waals surface area (Å²) in [6.07, 6.45) is 3.68. The number of carbonyl (C=O) groups is 1. The van der Waals surface area contributed by atoms with Gasteiger partial charge >= 0.3 is 0 Å². The van der Waals surface area contributed by atoms with E-state index in [1.807, 2.05) is 47.2 Å². The summed E-state index contributed by atoms with van der Waals surface area (Å²) < 4.78 is 15.0. The molecule has 0 aliphatic rings. The van der Waals surface area contributed by atoms with Crippen molar-refractivity contribution in [1.82, 2.24) is 14.5 Å². The van der Waals surface area contributed by atoms with Crippen LogP contribution in [0.5, 0.6) is 0 Å². The van der Waals surface area contributed by atoms with Crippen LogP contribution in [0.4, 0.5) is 10.1 Å². The number of amides is 1. The fraction of sp³-hybridized carbons (Fsp3) is 0.136. The lowest BCUT2D eigenvalue weighted by atomic mass is 10.2. The molecule has 2 aromatic carbocycles. The number of nitrogens with one attached hydrogen (secondary N) is 1. The van der Waals surface area contributed by atoms with Gasteiger partial charge in [0.1, 0.15) is 12.4 Å². The number of hydrogen-bond donors (Lipinski definition) is 1. The van der Waals surface area contributed by atoms with Crippen LogP contribution in [0.15, 0.2) is 76.9 Å². The summed E-state index contributed by atoms with van der Waals surface area (Å²) in [6, 6.07) is 17.8. The van der Waals surface area contributed by atoms with Crippen LogP contribution in [0.1, 0.15) is 5.56 Å². The molecule has 8 heteroatoms. The minimum Gasteiger partial charge on any atom is -0.324 e. The van der Waals surface area contributed by atoms with Crippen LogP contribution in [0.2, 0.25) is 0 Å². The summed E-state index contributed by atoms with van der Waals surface area (Å²) >= 11 is 3.12. The van der Waals surface area contributed by atoms with E-state index in [4.69, 9.17) is 0 Å². The SMILES string of the molecule is CSc1cccc(NC(=O)Cn2c(SCc3ccc(F)cc3)nc3ncccc32)c1. The minimum atomic E-state index is -0.262. The average Bonchev–Trinajstić information content (AvgIpc) is 3.11. The lowest BCUT2D eigenvalue weighted by Gasteiger charge is -2.10. The van der Waals surface area contributed by atoms with Gasteiger partial charge in [-0.05, 0) is 54.3 Å². The maximum absolute atomic E-state index is 13.1. The topological polar surface area (TPSA) is 59.8 Å². The number of halogens is 1. The van der Waals surface area contributed by atoms with Crippen molar-refractivity contribution in [3.63, 3.8) is 0 Å². The Labute approximate surface area is 182 Å². The third kappa shape index (κ3) is 4.83. The van der Waals surface area contributed by atoms with Crippen molar-refractivity contribution in [2.45, 2.75) is 22.3 Å². The maximum atomic E-state index is 13.1. The van der Waals surface area contributed by atoms with Crippen molar-refractivity contribution in [3.8, 4) is 0 Å². The van der Waals surface area contributed by atoms with Crippen LogP contribution >= 0.6 is 23.5 Å². The van der Waals surface area contributed by atoms with Gasteiger partial charge in [0.25, 0.3) is 0 Å². The monoisotopic (exact) mass is 438 g/mol. The molecule has 1 amide bonds. The first-order valence-corrected chi connectivity index (χ1v) is 11.5. The van der Waals surface area contributed by atoms with Crippen LogP contribution in [-0.2, 0) is 17.1 Å². The van der Waals surface area contributed by atoms with Crippen LogP contribution in [0.3, 0.4) is 0 Å². The van der Waals surface area contributed by atoms with Crippen molar-refractivity contribution < 1.29 is 9.18 Å². The van der Waals surface area contributed by atoms with Gasteiger partial charge in [-0.3, -0.25) is 4.79 Å². The summed E-state index contributed by atoms with van der Waals surface area (Å²) in [4.78, 5) is 22.7. The second kappa shape index (κ2) is 9.32. The Bertz CT molecular complexity index is 1180. The molecule has 4 aromatic rings. The molecule has 0 aliphatic carbocycles. The third-order valence-corrected chi connectivity index (χ3v) is 6.20. The molecule has 0 radical (unpaired) electrons. The smallest absolute Gasteiger partial charge is 0.244 e. The zero-order chi connectivity index (χ0) is 20.9. The molecule has 0 atom stereocenters. The van der Waals surface area contributed by atoms with E-state index in [0.717, 1.165) is 21.7 Å². The number of rotatable bonds is 7. The Morgan fingerprint density at radius 1 is 1.13 bits per heavy atom. The van der Waals surface area contributed by atoms with E-state index in [9.17, 15) is 9.18 Å². The molecule has 0 bridgehead atoms. The van der Waals surface area contributed by atoms with E-state index in [1.165, 1.54) is 23.9 Å². The quantitative estimate of drug-likeness (QED) is 0.401. The van der Waals surface area contributed by atoms with Crippen LogP contribution in [-0.4, -0.2) is 26.7 Å². The third-order valence-electron chi connectivity index (χ3n) is 4.43. The predicted molar refractivity (Wildman–Crippen MR) is 120 cm³/mol. The van der Waals surface area contributed by atoms with Gasteiger partial charge in [0.05, 0.1) is 5.52 Å². The van der Waals surface area contributed by atoms with Crippen LogP contribution < -0.4 is 5.32 Å². The summed E-state index contributed by atoms with van der Waals surface area (Å²) in [7, 11) is 0. The number of nitrogens with zero attached hydrogens (tertiary/aromatic N) is 3. The molecule has 0 unspecified atom stereocenters. The van der Waals surface area contributed by atoms with Gasteiger partial charge in [-0.15, -0.1) is 11.8 Å². The van der Waals surface area contributed by atoms with Gasteiger partial charge in [-0.1, -0.05) is 30.0 Å². The number of benzene rings is 2. The normalized spacial score (nSPS) is 11.0. The summed E-state index contributed by atoms with van der Waals surface area (Å²) in [5.74, 6) is 0.212. The van der Waals surface area contributed by atoms with Gasteiger partial charge < -0.3 is 9.88 Å². The fourth-order valence-corrected chi connectivity index (χ4v) is 4.39. The number of pyridine rings is 1. The largest absolute Gasteiger partial charge is 0.324 e. The molecule has 0 fully saturated rings. The Balaban J connectivity index is 1.54. The molecular formula is C22H19FN4OS2. The molecule has 2 aromatic heterocycles. The van der Waals surface area contributed by atoms with E-state index in [1.54, 1.807) is 30.1 Å². The molecule has 0 saturated carbocycles. The first kappa shape index (κ1) is 20.4. The van der Waals surface area contributed by atoms with Gasteiger partial charge in [0.15, 0.2) is 10.8 Å². The highest BCUT2D eigenvalue weighted by molar-refractivity contribution is 7.98. The van der Waals surface area contributed by atoms with Crippen molar-refractivity contribution in [2.24, 2.45) is 0 Å². The molecule has 0 spiro atoms. The highest BCUT2D eigenvalue weighted by Gasteiger charge is 2.15. The first-order valence-electron chi connectivity index (χ1n) is 9.25. The minimum absolute atomic E-state index is 0.122. The van der Waals surface area contributed by atoms with E-state index in [-0.39, 0.29) is 18.3 Å². The number of carbonyl (C=O) groups excluding carboxylic acids is 1. The van der Waals surface area contributed by atoms with E-state index < -0.39 is 0 Å². The number of anilines is 1. The number of aromatic nitrogens is 3. The summed E-state index contributed by atoms with van der Waals surface area (Å²) in [5, 5.41) is 3.65. The Kier molecular flexibility index (Phi) is 6.35. The van der Waals surface area contributed by atoms with Crippen molar-refractivity contribution in [1.29, 1.82) is 0 Å². The molecule has 0 saturated heterocycles. The zero-order valence-electron chi connectivity index (χ0n) is 16.2. The molecule has 152 valence electrons. The van der Waals surface area contributed by atoms with Crippen LogP contribution in [0.25, 0.3) is 11.2 Å². The molecule has 2 heterocycles. The zero-order valence-corrected chi connectivity index (χ0v) is 17.8. The molecule has 4 rings (SSSR count). The van der Waals surface area contributed by atoms with Crippen molar-refractivity contribution in [2.75, 3.05) is 11.6 Å². The number of hydrogen-bond acceptors (Lipinski definition) is 5. The lowest BCUT2D eigenvalue weighted by Crippen LogP contribution is -2.19. The number of thioether (sulfide) groups is 2. The predicted octanol–water partition coefficient (Wildman–Crippen LogP) is 5.22.